The van der Waals surface area contributed by atoms with Gasteiger partial charge in [0.25, 0.3) is 6.01 Å². The summed E-state index contributed by atoms with van der Waals surface area (Å²) in [6.45, 7) is 6.73. The molecule has 39 heavy (non-hydrogen) atoms. The number of aromatic nitrogens is 2. The molecule has 1 aromatic heterocycles. The molecule has 0 saturated carbocycles. The monoisotopic (exact) mass is 530 g/mol. The van der Waals surface area contributed by atoms with E-state index in [2.05, 4.69) is 25.2 Å². The first-order chi connectivity index (χ1) is 19.0. The molecule has 4 rings (SSSR count). The predicted molar refractivity (Wildman–Crippen MR) is 147 cm³/mol. The number of carbonyl (C=O) groups is 2. The van der Waals surface area contributed by atoms with E-state index in [9.17, 15) is 9.59 Å². The molecule has 0 spiro atoms. The summed E-state index contributed by atoms with van der Waals surface area (Å²) in [5, 5.41) is 3.95. The minimum Gasteiger partial charge on any atom is -0.465 e. The van der Waals surface area contributed by atoms with Gasteiger partial charge in [-0.1, -0.05) is 54.6 Å². The van der Waals surface area contributed by atoms with Crippen molar-refractivity contribution < 1.29 is 28.6 Å². The maximum absolute atomic E-state index is 12.7. The van der Waals surface area contributed by atoms with E-state index in [-0.39, 0.29) is 13.2 Å². The summed E-state index contributed by atoms with van der Waals surface area (Å²) in [5.74, 6) is -0.400. The molecule has 0 fully saturated rings. The fourth-order valence-electron chi connectivity index (χ4n) is 4.08. The molecule has 0 unspecified atom stereocenters. The van der Waals surface area contributed by atoms with Gasteiger partial charge in [0.2, 0.25) is 0 Å². The second kappa shape index (κ2) is 13.1. The predicted octanol–water partition coefficient (Wildman–Crippen LogP) is 5.34. The number of fused-ring (bicyclic) bond motifs is 1. The maximum Gasteiger partial charge on any atom is 0.534 e. The van der Waals surface area contributed by atoms with Gasteiger partial charge in [0, 0.05) is 5.56 Å². The van der Waals surface area contributed by atoms with Crippen LogP contribution in [0.4, 0.5) is 4.79 Å². The van der Waals surface area contributed by atoms with E-state index in [0.717, 1.165) is 22.3 Å². The molecular formula is C29H30N4O6. The topological polar surface area (TPSA) is 113 Å². The SMILES string of the molecule is CCOC(=O)ON/N=C/c1ccccc1-c1ccc(Cn2c(OCC)nc3cccc(C(=O)OCC)c32)cc1. The van der Waals surface area contributed by atoms with Crippen molar-refractivity contribution in [3.63, 3.8) is 0 Å². The Balaban J connectivity index is 1.59. The van der Waals surface area contributed by atoms with E-state index >= 15 is 0 Å². The Morgan fingerprint density at radius 3 is 2.44 bits per heavy atom. The van der Waals surface area contributed by atoms with Crippen molar-refractivity contribution >= 4 is 29.4 Å². The lowest BCUT2D eigenvalue weighted by molar-refractivity contribution is 0.0205. The Hall–Kier alpha value is -4.86. The van der Waals surface area contributed by atoms with E-state index in [1.165, 1.54) is 0 Å². The number of carbonyl (C=O) groups excluding carboxylic acids is 2. The van der Waals surface area contributed by atoms with Crippen molar-refractivity contribution in [1.82, 2.24) is 15.1 Å². The van der Waals surface area contributed by atoms with Crippen LogP contribution in [0.2, 0.25) is 0 Å². The highest BCUT2D eigenvalue weighted by Crippen LogP contribution is 2.28. The standard InChI is InChI=1S/C29H30N4O6/c1-4-36-27(34)24-12-9-13-25-26(24)33(28(31-25)37-5-2)19-20-14-16-21(17-15-20)23-11-8-7-10-22(23)18-30-32-39-29(35)38-6-3/h7-18,32H,4-6,19H2,1-3H3/b30-18+. The Kier molecular flexibility index (Phi) is 9.12. The number of ether oxygens (including phenoxy) is 3. The Labute approximate surface area is 226 Å². The molecular weight excluding hydrogens is 500 g/mol. The number of esters is 1. The Bertz CT molecular complexity index is 1460. The number of hydrogen-bond donors (Lipinski definition) is 1. The smallest absolute Gasteiger partial charge is 0.465 e. The third kappa shape index (κ3) is 6.53. The molecule has 0 amide bonds. The molecule has 0 bridgehead atoms. The first-order valence-electron chi connectivity index (χ1n) is 12.6. The van der Waals surface area contributed by atoms with Crippen molar-refractivity contribution in [3.8, 4) is 17.1 Å². The molecule has 0 radical (unpaired) electrons. The van der Waals surface area contributed by atoms with Gasteiger partial charge in [-0.25, -0.2) is 9.59 Å². The summed E-state index contributed by atoms with van der Waals surface area (Å²) < 4.78 is 17.7. The van der Waals surface area contributed by atoms with E-state index in [1.54, 1.807) is 32.2 Å². The summed E-state index contributed by atoms with van der Waals surface area (Å²) in [6, 6.07) is 21.6. The van der Waals surface area contributed by atoms with Crippen molar-refractivity contribution in [3.05, 3.63) is 83.4 Å². The third-order valence-electron chi connectivity index (χ3n) is 5.71. The van der Waals surface area contributed by atoms with E-state index in [4.69, 9.17) is 9.47 Å². The van der Waals surface area contributed by atoms with Gasteiger partial charge >= 0.3 is 12.1 Å². The lowest BCUT2D eigenvalue weighted by Crippen LogP contribution is -2.16. The number of nitrogens with zero attached hydrogens (tertiary/aromatic N) is 3. The molecule has 0 atom stereocenters. The highest BCUT2D eigenvalue weighted by Gasteiger charge is 2.20. The molecule has 0 saturated heterocycles. The molecule has 0 aliphatic heterocycles. The summed E-state index contributed by atoms with van der Waals surface area (Å²) in [7, 11) is 0. The summed E-state index contributed by atoms with van der Waals surface area (Å²) in [6.07, 6.45) is 0.705. The average molecular weight is 531 g/mol. The second-order valence-corrected chi connectivity index (χ2v) is 8.23. The third-order valence-corrected chi connectivity index (χ3v) is 5.71. The van der Waals surface area contributed by atoms with Crippen LogP contribution < -0.4 is 10.3 Å². The lowest BCUT2D eigenvalue weighted by atomic mass is 9.99. The van der Waals surface area contributed by atoms with Gasteiger partial charge in [0.05, 0.1) is 49.2 Å². The minimum atomic E-state index is -0.855. The van der Waals surface area contributed by atoms with Crippen LogP contribution in [0.15, 0.2) is 71.8 Å². The number of nitrogens with one attached hydrogen (secondary N) is 1. The van der Waals surface area contributed by atoms with Gasteiger partial charge in [0.15, 0.2) is 0 Å². The lowest BCUT2D eigenvalue weighted by Gasteiger charge is -2.12. The molecule has 0 aliphatic rings. The zero-order valence-corrected chi connectivity index (χ0v) is 22.0. The first kappa shape index (κ1) is 27.2. The number of hydrazone groups is 1. The first-order valence-corrected chi connectivity index (χ1v) is 12.6. The zero-order chi connectivity index (χ0) is 27.6. The van der Waals surface area contributed by atoms with Crippen LogP contribution in [0.25, 0.3) is 22.2 Å². The van der Waals surface area contributed by atoms with Crippen molar-refractivity contribution in [2.24, 2.45) is 5.10 Å². The number of para-hydroxylation sites is 1. The molecule has 1 N–H and O–H groups in total. The number of hydrogen-bond acceptors (Lipinski definition) is 9. The van der Waals surface area contributed by atoms with Gasteiger partial charge in [-0.15, -0.1) is 5.59 Å². The van der Waals surface area contributed by atoms with Gasteiger partial charge < -0.3 is 14.2 Å². The number of rotatable bonds is 11. The summed E-state index contributed by atoms with van der Waals surface area (Å²) in [5.41, 5.74) is 7.73. The molecule has 10 heteroatoms. The molecule has 10 nitrogen and oxygen atoms in total. The van der Waals surface area contributed by atoms with E-state index in [1.807, 2.05) is 66.1 Å². The van der Waals surface area contributed by atoms with Crippen LogP contribution in [0.1, 0.15) is 42.3 Å². The molecule has 202 valence electrons. The molecule has 0 aliphatic carbocycles. The average Bonchev–Trinajstić information content (AvgIpc) is 3.29. The van der Waals surface area contributed by atoms with Crippen LogP contribution in [0.5, 0.6) is 6.01 Å². The maximum atomic E-state index is 12.7. The quantitative estimate of drug-likeness (QED) is 0.157. The number of benzene rings is 3. The van der Waals surface area contributed by atoms with Crippen molar-refractivity contribution in [2.45, 2.75) is 27.3 Å². The van der Waals surface area contributed by atoms with Crippen LogP contribution in [-0.2, 0) is 20.9 Å². The zero-order valence-electron chi connectivity index (χ0n) is 22.0. The number of imidazole rings is 1. The molecule has 3 aromatic carbocycles. The van der Waals surface area contributed by atoms with Gasteiger partial charge in [-0.05, 0) is 49.6 Å². The van der Waals surface area contributed by atoms with Gasteiger partial charge in [-0.3, -0.25) is 9.40 Å². The fourth-order valence-corrected chi connectivity index (χ4v) is 4.08. The largest absolute Gasteiger partial charge is 0.534 e. The summed E-state index contributed by atoms with van der Waals surface area (Å²) >= 11 is 0. The van der Waals surface area contributed by atoms with Crippen LogP contribution >= 0.6 is 0 Å². The highest BCUT2D eigenvalue weighted by molar-refractivity contribution is 6.02. The Morgan fingerprint density at radius 1 is 0.923 bits per heavy atom. The van der Waals surface area contributed by atoms with Crippen LogP contribution in [0.3, 0.4) is 0 Å². The highest BCUT2D eigenvalue weighted by atomic mass is 16.8. The Morgan fingerprint density at radius 2 is 1.69 bits per heavy atom. The summed E-state index contributed by atoms with van der Waals surface area (Å²) in [4.78, 5) is 33.2. The van der Waals surface area contributed by atoms with Crippen LogP contribution in [-0.4, -0.2) is 47.7 Å². The van der Waals surface area contributed by atoms with Crippen molar-refractivity contribution in [1.29, 1.82) is 0 Å². The van der Waals surface area contributed by atoms with Gasteiger partial charge in [-0.2, -0.15) is 10.1 Å². The minimum absolute atomic E-state index is 0.208. The van der Waals surface area contributed by atoms with E-state index < -0.39 is 12.1 Å². The molecule has 1 heterocycles. The van der Waals surface area contributed by atoms with E-state index in [0.29, 0.717) is 35.8 Å². The fraction of sp³-hybridized carbons (Fsp3) is 0.241. The molecule has 4 aromatic rings. The van der Waals surface area contributed by atoms with Crippen molar-refractivity contribution in [2.75, 3.05) is 19.8 Å². The van der Waals surface area contributed by atoms with Crippen LogP contribution in [0, 0.1) is 0 Å². The second-order valence-electron chi connectivity index (χ2n) is 8.23. The van der Waals surface area contributed by atoms with Gasteiger partial charge in [0.1, 0.15) is 0 Å². The normalized spacial score (nSPS) is 10.9.